The molecular weight excluding hydrogens is 275 g/mol. The molecule has 0 spiro atoms. The second kappa shape index (κ2) is 5.71. The second-order valence-electron chi connectivity index (χ2n) is 4.96. The summed E-state index contributed by atoms with van der Waals surface area (Å²) in [6.07, 6.45) is 2.26. The Hall–Kier alpha value is -1.74. The first-order valence-corrected chi connectivity index (χ1v) is 7.15. The quantitative estimate of drug-likeness (QED) is 0.873. The summed E-state index contributed by atoms with van der Waals surface area (Å²) in [5.74, 6) is -0.285. The zero-order valence-electron chi connectivity index (χ0n) is 11.0. The second-order valence-corrected chi connectivity index (χ2v) is 5.40. The minimum Gasteiger partial charge on any atom is -0.385 e. The SMILES string of the molecule is Fc1ccc(Cl)cc1NCc1cccc2c1NCCC2. The number of hydrogen-bond acceptors (Lipinski definition) is 2. The molecule has 1 aliphatic heterocycles. The van der Waals surface area contributed by atoms with Crippen LogP contribution in [0.1, 0.15) is 17.5 Å². The van der Waals surface area contributed by atoms with Gasteiger partial charge in [-0.25, -0.2) is 4.39 Å². The molecular formula is C16H16ClFN2. The van der Waals surface area contributed by atoms with E-state index in [2.05, 4.69) is 28.8 Å². The largest absolute Gasteiger partial charge is 0.385 e. The smallest absolute Gasteiger partial charge is 0.146 e. The van der Waals surface area contributed by atoms with Crippen molar-refractivity contribution in [3.63, 3.8) is 0 Å². The highest BCUT2D eigenvalue weighted by Crippen LogP contribution is 2.27. The van der Waals surface area contributed by atoms with E-state index in [1.165, 1.54) is 17.3 Å². The van der Waals surface area contributed by atoms with Crippen molar-refractivity contribution < 1.29 is 4.39 Å². The zero-order valence-corrected chi connectivity index (χ0v) is 11.8. The molecule has 3 rings (SSSR count). The molecule has 0 fully saturated rings. The fourth-order valence-corrected chi connectivity index (χ4v) is 2.72. The van der Waals surface area contributed by atoms with Gasteiger partial charge in [-0.2, -0.15) is 0 Å². The summed E-state index contributed by atoms with van der Waals surface area (Å²) in [5, 5.41) is 7.08. The predicted octanol–water partition coefficient (Wildman–Crippen LogP) is 4.45. The van der Waals surface area contributed by atoms with Crippen LogP contribution < -0.4 is 10.6 Å². The number of benzene rings is 2. The Labute approximate surface area is 123 Å². The van der Waals surface area contributed by atoms with Crippen LogP contribution in [0.2, 0.25) is 5.02 Å². The molecule has 0 radical (unpaired) electrons. The Morgan fingerprint density at radius 2 is 2.15 bits per heavy atom. The lowest BCUT2D eigenvalue weighted by Gasteiger charge is -2.21. The van der Waals surface area contributed by atoms with Crippen molar-refractivity contribution in [2.24, 2.45) is 0 Å². The van der Waals surface area contributed by atoms with Crippen molar-refractivity contribution in [2.45, 2.75) is 19.4 Å². The Bertz CT molecular complexity index is 628. The molecule has 0 saturated heterocycles. The first kappa shape index (κ1) is 13.3. The van der Waals surface area contributed by atoms with Crippen LogP contribution in [0.4, 0.5) is 15.8 Å². The number of para-hydroxylation sites is 1. The predicted molar refractivity (Wildman–Crippen MR) is 82.0 cm³/mol. The lowest BCUT2D eigenvalue weighted by Crippen LogP contribution is -2.15. The molecule has 1 aliphatic rings. The van der Waals surface area contributed by atoms with Crippen LogP contribution in [0, 0.1) is 5.82 Å². The third-order valence-electron chi connectivity index (χ3n) is 3.56. The van der Waals surface area contributed by atoms with E-state index in [0.717, 1.165) is 24.9 Å². The minimum atomic E-state index is -0.285. The minimum absolute atomic E-state index is 0.285. The van der Waals surface area contributed by atoms with Crippen molar-refractivity contribution in [3.05, 3.63) is 58.4 Å². The molecule has 0 amide bonds. The molecule has 2 N–H and O–H groups in total. The topological polar surface area (TPSA) is 24.1 Å². The van der Waals surface area contributed by atoms with Crippen molar-refractivity contribution in [1.82, 2.24) is 0 Å². The van der Waals surface area contributed by atoms with E-state index in [4.69, 9.17) is 11.6 Å². The van der Waals surface area contributed by atoms with Crippen LogP contribution in [-0.2, 0) is 13.0 Å². The fraction of sp³-hybridized carbons (Fsp3) is 0.250. The van der Waals surface area contributed by atoms with E-state index in [-0.39, 0.29) is 5.82 Å². The number of nitrogens with one attached hydrogen (secondary N) is 2. The average Bonchev–Trinajstić information content (AvgIpc) is 2.48. The van der Waals surface area contributed by atoms with Crippen LogP contribution in [-0.4, -0.2) is 6.54 Å². The fourth-order valence-electron chi connectivity index (χ4n) is 2.55. The van der Waals surface area contributed by atoms with E-state index in [1.807, 2.05) is 0 Å². The number of halogens is 2. The molecule has 0 aliphatic carbocycles. The van der Waals surface area contributed by atoms with Gasteiger partial charge in [-0.15, -0.1) is 0 Å². The molecule has 2 nitrogen and oxygen atoms in total. The maximum atomic E-state index is 13.7. The number of rotatable bonds is 3. The molecule has 0 saturated carbocycles. The van der Waals surface area contributed by atoms with Gasteiger partial charge in [0.05, 0.1) is 5.69 Å². The third kappa shape index (κ3) is 2.73. The number of hydrogen-bond donors (Lipinski definition) is 2. The maximum absolute atomic E-state index is 13.7. The highest BCUT2D eigenvalue weighted by Gasteiger charge is 2.12. The van der Waals surface area contributed by atoms with E-state index in [1.54, 1.807) is 12.1 Å². The number of fused-ring (bicyclic) bond motifs is 1. The molecule has 0 bridgehead atoms. The van der Waals surface area contributed by atoms with Gasteiger partial charge in [0, 0.05) is 23.8 Å². The van der Waals surface area contributed by atoms with Gasteiger partial charge in [0.1, 0.15) is 5.82 Å². The van der Waals surface area contributed by atoms with Crippen molar-refractivity contribution in [3.8, 4) is 0 Å². The number of aryl methyl sites for hydroxylation is 1. The Kier molecular flexibility index (Phi) is 3.79. The molecule has 1 heterocycles. The standard InChI is InChI=1S/C16H16ClFN2/c17-13-6-7-14(18)15(9-13)20-10-12-4-1-3-11-5-2-8-19-16(11)12/h1,3-4,6-7,9,19-20H,2,5,8,10H2. The van der Waals surface area contributed by atoms with Crippen molar-refractivity contribution in [1.29, 1.82) is 0 Å². The molecule has 20 heavy (non-hydrogen) atoms. The van der Waals surface area contributed by atoms with Gasteiger partial charge in [-0.05, 0) is 42.2 Å². The lowest BCUT2D eigenvalue weighted by molar-refractivity contribution is 0.630. The summed E-state index contributed by atoms with van der Waals surface area (Å²) in [7, 11) is 0. The van der Waals surface area contributed by atoms with E-state index in [0.29, 0.717) is 17.3 Å². The first-order chi connectivity index (χ1) is 9.74. The van der Waals surface area contributed by atoms with E-state index < -0.39 is 0 Å². The monoisotopic (exact) mass is 290 g/mol. The normalized spacial score (nSPS) is 13.5. The van der Waals surface area contributed by atoms with Gasteiger partial charge >= 0.3 is 0 Å². The van der Waals surface area contributed by atoms with E-state index in [9.17, 15) is 4.39 Å². The Balaban J connectivity index is 1.80. The summed E-state index contributed by atoms with van der Waals surface area (Å²) < 4.78 is 13.7. The van der Waals surface area contributed by atoms with Gasteiger partial charge in [0.25, 0.3) is 0 Å². The molecule has 0 aromatic heterocycles. The molecule has 2 aromatic rings. The average molecular weight is 291 g/mol. The zero-order chi connectivity index (χ0) is 13.9. The highest BCUT2D eigenvalue weighted by molar-refractivity contribution is 6.30. The van der Waals surface area contributed by atoms with Gasteiger partial charge in [-0.1, -0.05) is 29.8 Å². The van der Waals surface area contributed by atoms with Gasteiger partial charge in [-0.3, -0.25) is 0 Å². The molecule has 104 valence electrons. The Morgan fingerprint density at radius 1 is 1.25 bits per heavy atom. The number of anilines is 2. The summed E-state index contributed by atoms with van der Waals surface area (Å²) in [5.41, 5.74) is 4.11. The van der Waals surface area contributed by atoms with Gasteiger partial charge in [0.2, 0.25) is 0 Å². The van der Waals surface area contributed by atoms with Crippen molar-refractivity contribution >= 4 is 23.0 Å². The molecule has 0 unspecified atom stereocenters. The molecule has 0 atom stereocenters. The summed E-state index contributed by atoms with van der Waals surface area (Å²) in [4.78, 5) is 0. The molecule has 4 heteroatoms. The summed E-state index contributed by atoms with van der Waals surface area (Å²) in [6.45, 7) is 1.57. The van der Waals surface area contributed by atoms with Crippen LogP contribution >= 0.6 is 11.6 Å². The van der Waals surface area contributed by atoms with Gasteiger partial charge in [0.15, 0.2) is 0 Å². The lowest BCUT2D eigenvalue weighted by atomic mass is 9.99. The molecule has 2 aromatic carbocycles. The van der Waals surface area contributed by atoms with Crippen LogP contribution in [0.25, 0.3) is 0 Å². The Morgan fingerprint density at radius 3 is 3.05 bits per heavy atom. The van der Waals surface area contributed by atoms with Crippen molar-refractivity contribution in [2.75, 3.05) is 17.2 Å². The first-order valence-electron chi connectivity index (χ1n) is 6.77. The van der Waals surface area contributed by atoms with Crippen LogP contribution in [0.5, 0.6) is 0 Å². The maximum Gasteiger partial charge on any atom is 0.146 e. The van der Waals surface area contributed by atoms with Crippen LogP contribution in [0.3, 0.4) is 0 Å². The summed E-state index contributed by atoms with van der Waals surface area (Å²) >= 11 is 5.89. The van der Waals surface area contributed by atoms with E-state index >= 15 is 0 Å². The van der Waals surface area contributed by atoms with Gasteiger partial charge < -0.3 is 10.6 Å². The summed E-state index contributed by atoms with van der Waals surface area (Å²) in [6, 6.07) is 10.8. The highest BCUT2D eigenvalue weighted by atomic mass is 35.5. The van der Waals surface area contributed by atoms with Crippen LogP contribution in [0.15, 0.2) is 36.4 Å². The third-order valence-corrected chi connectivity index (χ3v) is 3.79.